The predicted octanol–water partition coefficient (Wildman–Crippen LogP) is 3.54. The summed E-state index contributed by atoms with van der Waals surface area (Å²) < 4.78 is 18.3. The van der Waals surface area contributed by atoms with Gasteiger partial charge in [0.05, 0.1) is 6.20 Å². The fourth-order valence-electron chi connectivity index (χ4n) is 1.33. The normalized spacial score (nSPS) is 12.3. The van der Waals surface area contributed by atoms with Gasteiger partial charge >= 0.3 is 0 Å². The van der Waals surface area contributed by atoms with Crippen LogP contribution >= 0.6 is 0 Å². The Balaban J connectivity index is 2.28. The van der Waals surface area contributed by atoms with Gasteiger partial charge in [-0.2, -0.15) is 0 Å². The number of allylic oxidation sites excluding steroid dienone is 1. The molecular formula is C12H10FNO. The van der Waals surface area contributed by atoms with Gasteiger partial charge in [0, 0.05) is 5.56 Å². The summed E-state index contributed by atoms with van der Waals surface area (Å²) in [4.78, 5) is 3.82. The Kier molecular flexibility index (Phi) is 2.63. The van der Waals surface area contributed by atoms with Gasteiger partial charge < -0.3 is 4.42 Å². The second-order valence-corrected chi connectivity index (χ2v) is 3.13. The van der Waals surface area contributed by atoms with Gasteiger partial charge in [0.25, 0.3) is 0 Å². The number of halogens is 1. The minimum absolute atomic E-state index is 0.591. The smallest absolute Gasteiger partial charge is 0.181 e. The van der Waals surface area contributed by atoms with E-state index in [0.717, 1.165) is 5.56 Å². The SMILES string of the molecule is C=CC(F)c1ccc(-c2cnco2)cc1. The molecule has 3 heteroatoms. The monoisotopic (exact) mass is 203 g/mol. The molecule has 2 rings (SSSR count). The van der Waals surface area contributed by atoms with Crippen molar-refractivity contribution in [2.24, 2.45) is 0 Å². The van der Waals surface area contributed by atoms with E-state index in [-0.39, 0.29) is 0 Å². The minimum Gasteiger partial charge on any atom is -0.444 e. The minimum atomic E-state index is -1.12. The van der Waals surface area contributed by atoms with Crippen molar-refractivity contribution < 1.29 is 8.81 Å². The van der Waals surface area contributed by atoms with E-state index in [2.05, 4.69) is 11.6 Å². The van der Waals surface area contributed by atoms with Crippen molar-refractivity contribution in [3.8, 4) is 11.3 Å². The van der Waals surface area contributed by atoms with Crippen molar-refractivity contribution in [1.29, 1.82) is 0 Å². The summed E-state index contributed by atoms with van der Waals surface area (Å²) in [5, 5.41) is 0. The van der Waals surface area contributed by atoms with Crippen LogP contribution in [0.4, 0.5) is 4.39 Å². The number of hydrogen-bond acceptors (Lipinski definition) is 2. The highest BCUT2D eigenvalue weighted by Crippen LogP contribution is 2.23. The maximum atomic E-state index is 13.2. The van der Waals surface area contributed by atoms with Crippen molar-refractivity contribution in [2.45, 2.75) is 6.17 Å². The third-order valence-corrected chi connectivity index (χ3v) is 2.15. The van der Waals surface area contributed by atoms with Crippen LogP contribution in [0.2, 0.25) is 0 Å². The summed E-state index contributed by atoms with van der Waals surface area (Å²) >= 11 is 0. The Morgan fingerprint density at radius 3 is 2.60 bits per heavy atom. The average Bonchev–Trinajstić information content (AvgIpc) is 2.82. The van der Waals surface area contributed by atoms with Gasteiger partial charge in [-0.15, -0.1) is 0 Å². The zero-order valence-corrected chi connectivity index (χ0v) is 8.06. The Hall–Kier alpha value is -1.90. The van der Waals surface area contributed by atoms with Crippen molar-refractivity contribution in [3.63, 3.8) is 0 Å². The lowest BCUT2D eigenvalue weighted by atomic mass is 10.1. The molecule has 1 aromatic carbocycles. The molecule has 1 aromatic heterocycles. The van der Waals surface area contributed by atoms with Crippen LogP contribution in [-0.2, 0) is 0 Å². The summed E-state index contributed by atoms with van der Waals surface area (Å²) in [6.07, 6.45) is 3.14. The van der Waals surface area contributed by atoms with E-state index >= 15 is 0 Å². The fraction of sp³-hybridized carbons (Fsp3) is 0.0833. The summed E-state index contributed by atoms with van der Waals surface area (Å²) in [5.41, 5.74) is 1.47. The van der Waals surface area contributed by atoms with Gasteiger partial charge in [-0.3, -0.25) is 0 Å². The van der Waals surface area contributed by atoms with Gasteiger partial charge in [0.1, 0.15) is 6.17 Å². The van der Waals surface area contributed by atoms with Gasteiger partial charge in [-0.25, -0.2) is 9.37 Å². The van der Waals surface area contributed by atoms with Crippen LogP contribution in [-0.4, -0.2) is 4.98 Å². The molecular weight excluding hydrogens is 193 g/mol. The highest BCUT2D eigenvalue weighted by Gasteiger charge is 2.06. The molecule has 0 radical (unpaired) electrons. The Labute approximate surface area is 87.1 Å². The van der Waals surface area contributed by atoms with Crippen LogP contribution in [0, 0.1) is 0 Å². The first-order chi connectivity index (χ1) is 7.31. The van der Waals surface area contributed by atoms with Crippen molar-refractivity contribution in [1.82, 2.24) is 4.98 Å². The lowest BCUT2D eigenvalue weighted by molar-refractivity contribution is 0.415. The number of rotatable bonds is 3. The van der Waals surface area contributed by atoms with E-state index in [1.165, 1.54) is 12.5 Å². The number of aromatic nitrogens is 1. The molecule has 76 valence electrons. The van der Waals surface area contributed by atoms with E-state index in [0.29, 0.717) is 11.3 Å². The molecule has 1 atom stereocenters. The topological polar surface area (TPSA) is 26.0 Å². The molecule has 15 heavy (non-hydrogen) atoms. The number of alkyl halides is 1. The Bertz CT molecular complexity index is 433. The second-order valence-electron chi connectivity index (χ2n) is 3.13. The quantitative estimate of drug-likeness (QED) is 0.713. The average molecular weight is 203 g/mol. The van der Waals surface area contributed by atoms with E-state index < -0.39 is 6.17 Å². The molecule has 0 aliphatic heterocycles. The van der Waals surface area contributed by atoms with Gasteiger partial charge in [-0.1, -0.05) is 36.9 Å². The Morgan fingerprint density at radius 1 is 1.33 bits per heavy atom. The largest absolute Gasteiger partial charge is 0.444 e. The van der Waals surface area contributed by atoms with Crippen molar-refractivity contribution >= 4 is 0 Å². The van der Waals surface area contributed by atoms with Crippen LogP contribution in [0.1, 0.15) is 11.7 Å². The molecule has 0 spiro atoms. The third kappa shape index (κ3) is 1.96. The van der Waals surface area contributed by atoms with E-state index in [4.69, 9.17) is 4.42 Å². The van der Waals surface area contributed by atoms with Crippen LogP contribution in [0.5, 0.6) is 0 Å². The predicted molar refractivity (Wildman–Crippen MR) is 56.0 cm³/mol. The number of oxazole rings is 1. The first-order valence-corrected chi connectivity index (χ1v) is 4.56. The maximum absolute atomic E-state index is 13.2. The molecule has 0 saturated heterocycles. The first-order valence-electron chi connectivity index (χ1n) is 4.56. The molecule has 0 saturated carbocycles. The van der Waals surface area contributed by atoms with Crippen LogP contribution in [0.25, 0.3) is 11.3 Å². The van der Waals surface area contributed by atoms with E-state index in [9.17, 15) is 4.39 Å². The standard InChI is InChI=1S/C12H10FNO/c1-2-11(13)9-3-5-10(6-4-9)12-7-14-8-15-12/h2-8,11H,1H2. The van der Waals surface area contributed by atoms with Crippen LogP contribution in [0.3, 0.4) is 0 Å². The zero-order chi connectivity index (χ0) is 10.7. The molecule has 1 unspecified atom stereocenters. The van der Waals surface area contributed by atoms with E-state index in [1.807, 2.05) is 0 Å². The van der Waals surface area contributed by atoms with Gasteiger partial charge in [0.15, 0.2) is 12.2 Å². The molecule has 0 aliphatic rings. The van der Waals surface area contributed by atoms with Crippen LogP contribution < -0.4 is 0 Å². The van der Waals surface area contributed by atoms with Crippen molar-refractivity contribution in [2.75, 3.05) is 0 Å². The molecule has 0 aliphatic carbocycles. The maximum Gasteiger partial charge on any atom is 0.181 e. The van der Waals surface area contributed by atoms with Crippen LogP contribution in [0.15, 0.2) is 53.9 Å². The molecule has 0 fully saturated rings. The molecule has 2 aromatic rings. The highest BCUT2D eigenvalue weighted by atomic mass is 19.1. The van der Waals surface area contributed by atoms with Gasteiger partial charge in [0.2, 0.25) is 0 Å². The zero-order valence-electron chi connectivity index (χ0n) is 8.06. The highest BCUT2D eigenvalue weighted by molar-refractivity contribution is 5.56. The van der Waals surface area contributed by atoms with E-state index in [1.54, 1.807) is 30.5 Å². The summed E-state index contributed by atoms with van der Waals surface area (Å²) in [6.45, 7) is 3.41. The second kappa shape index (κ2) is 4.09. The lowest BCUT2D eigenvalue weighted by Crippen LogP contribution is -1.86. The number of benzene rings is 1. The summed E-state index contributed by atoms with van der Waals surface area (Å²) in [6, 6.07) is 7.02. The number of hydrogen-bond donors (Lipinski definition) is 0. The molecule has 0 bridgehead atoms. The Morgan fingerprint density at radius 2 is 2.07 bits per heavy atom. The molecule has 1 heterocycles. The molecule has 2 nitrogen and oxygen atoms in total. The summed E-state index contributed by atoms with van der Waals surface area (Å²) in [7, 11) is 0. The van der Waals surface area contributed by atoms with Gasteiger partial charge in [-0.05, 0) is 5.56 Å². The third-order valence-electron chi connectivity index (χ3n) is 2.15. The molecule has 0 N–H and O–H groups in total. The molecule has 0 amide bonds. The first kappa shape index (κ1) is 9.65. The number of nitrogens with zero attached hydrogens (tertiary/aromatic N) is 1. The summed E-state index contributed by atoms with van der Waals surface area (Å²) in [5.74, 6) is 0.676. The van der Waals surface area contributed by atoms with Crippen molar-refractivity contribution in [3.05, 3.63) is 55.1 Å². The lowest BCUT2D eigenvalue weighted by Gasteiger charge is -2.03. The fourth-order valence-corrected chi connectivity index (χ4v) is 1.33.